The van der Waals surface area contributed by atoms with E-state index in [2.05, 4.69) is 15.9 Å². The van der Waals surface area contributed by atoms with Crippen LogP contribution >= 0.6 is 15.9 Å². The van der Waals surface area contributed by atoms with Crippen molar-refractivity contribution in [3.63, 3.8) is 0 Å². The molecule has 0 aliphatic heterocycles. The topological polar surface area (TPSA) is 46.2 Å². The van der Waals surface area contributed by atoms with Crippen LogP contribution in [0.15, 0.2) is 34.5 Å². The highest BCUT2D eigenvalue weighted by molar-refractivity contribution is 9.10. The minimum absolute atomic E-state index is 0.445. The van der Waals surface area contributed by atoms with Crippen molar-refractivity contribution < 1.29 is 5.11 Å². The molecule has 0 unspecified atom stereocenters. The highest BCUT2D eigenvalue weighted by Gasteiger charge is 2.03. The van der Waals surface area contributed by atoms with Crippen LogP contribution in [-0.4, -0.2) is 5.11 Å². The first-order chi connectivity index (χ1) is 7.15. The van der Waals surface area contributed by atoms with E-state index in [0.29, 0.717) is 12.2 Å². The standard InChI is InChI=1S/C12H16BrNO/c1-2-9(15)5-3-6-10-11(13)7-4-8-12(10)14/h2,4,7-8,15H,3,5-6,14H2,1H3/b9-2-. The van der Waals surface area contributed by atoms with Crippen LogP contribution in [0.2, 0.25) is 0 Å². The van der Waals surface area contributed by atoms with Gasteiger partial charge < -0.3 is 10.8 Å². The summed E-state index contributed by atoms with van der Waals surface area (Å²) in [7, 11) is 0. The summed E-state index contributed by atoms with van der Waals surface area (Å²) in [5.41, 5.74) is 7.80. The molecule has 0 spiro atoms. The minimum Gasteiger partial charge on any atom is -0.513 e. The molecule has 0 aromatic heterocycles. The lowest BCUT2D eigenvalue weighted by atomic mass is 10.1. The number of aliphatic hydroxyl groups is 1. The SMILES string of the molecule is C/C=C(\O)CCCc1c(N)cccc1Br. The molecule has 0 atom stereocenters. The van der Waals surface area contributed by atoms with E-state index in [1.165, 1.54) is 0 Å². The van der Waals surface area contributed by atoms with Crippen LogP contribution in [0, 0.1) is 0 Å². The molecule has 1 aromatic carbocycles. The second-order valence-electron chi connectivity index (χ2n) is 3.44. The molecule has 0 amide bonds. The van der Waals surface area contributed by atoms with Gasteiger partial charge in [0, 0.05) is 16.6 Å². The fraction of sp³-hybridized carbons (Fsp3) is 0.333. The Kier molecular flexibility index (Phi) is 4.69. The van der Waals surface area contributed by atoms with Crippen molar-refractivity contribution in [2.75, 3.05) is 5.73 Å². The van der Waals surface area contributed by atoms with Crippen molar-refractivity contribution in [3.05, 3.63) is 40.1 Å². The van der Waals surface area contributed by atoms with Crippen molar-refractivity contribution in [1.82, 2.24) is 0 Å². The number of nitrogens with two attached hydrogens (primary N) is 1. The number of allylic oxidation sites excluding steroid dienone is 2. The maximum Gasteiger partial charge on any atom is 0.0880 e. The maximum absolute atomic E-state index is 9.29. The number of hydrogen-bond acceptors (Lipinski definition) is 2. The van der Waals surface area contributed by atoms with E-state index in [-0.39, 0.29) is 0 Å². The van der Waals surface area contributed by atoms with Crippen LogP contribution in [0.5, 0.6) is 0 Å². The van der Waals surface area contributed by atoms with Gasteiger partial charge in [0.2, 0.25) is 0 Å². The average molecular weight is 270 g/mol. The normalized spacial score (nSPS) is 11.7. The van der Waals surface area contributed by atoms with E-state index < -0.39 is 0 Å². The molecule has 3 heteroatoms. The Labute approximate surface area is 98.9 Å². The van der Waals surface area contributed by atoms with Crippen molar-refractivity contribution in [2.45, 2.75) is 26.2 Å². The van der Waals surface area contributed by atoms with Gasteiger partial charge in [-0.2, -0.15) is 0 Å². The summed E-state index contributed by atoms with van der Waals surface area (Å²) in [5.74, 6) is 0.445. The molecule has 0 aliphatic carbocycles. The van der Waals surface area contributed by atoms with Crippen LogP contribution in [0.25, 0.3) is 0 Å². The third kappa shape index (κ3) is 3.59. The molecule has 0 bridgehead atoms. The Morgan fingerprint density at radius 2 is 2.27 bits per heavy atom. The number of aliphatic hydroxyl groups excluding tert-OH is 1. The highest BCUT2D eigenvalue weighted by atomic mass is 79.9. The summed E-state index contributed by atoms with van der Waals surface area (Å²) in [6.45, 7) is 1.84. The molecule has 0 fully saturated rings. The third-order valence-electron chi connectivity index (χ3n) is 2.35. The summed E-state index contributed by atoms with van der Waals surface area (Å²) in [6, 6.07) is 5.81. The van der Waals surface area contributed by atoms with Gasteiger partial charge in [-0.05, 0) is 43.5 Å². The van der Waals surface area contributed by atoms with Crippen LogP contribution < -0.4 is 5.73 Å². The first kappa shape index (κ1) is 12.1. The van der Waals surface area contributed by atoms with Gasteiger partial charge in [0.1, 0.15) is 0 Å². The lowest BCUT2D eigenvalue weighted by Gasteiger charge is -2.07. The molecular weight excluding hydrogens is 254 g/mol. The van der Waals surface area contributed by atoms with Crippen molar-refractivity contribution >= 4 is 21.6 Å². The van der Waals surface area contributed by atoms with Crippen LogP contribution in [-0.2, 0) is 6.42 Å². The summed E-state index contributed by atoms with van der Waals surface area (Å²) in [5, 5.41) is 9.29. The van der Waals surface area contributed by atoms with Crippen LogP contribution in [0.1, 0.15) is 25.3 Å². The number of benzene rings is 1. The van der Waals surface area contributed by atoms with Crippen molar-refractivity contribution in [1.29, 1.82) is 0 Å². The lowest BCUT2D eigenvalue weighted by Crippen LogP contribution is -1.96. The molecule has 0 radical (unpaired) electrons. The summed E-state index contributed by atoms with van der Waals surface area (Å²) in [4.78, 5) is 0. The summed E-state index contributed by atoms with van der Waals surface area (Å²) < 4.78 is 1.04. The van der Waals surface area contributed by atoms with Gasteiger partial charge >= 0.3 is 0 Å². The molecule has 0 aliphatic rings. The fourth-order valence-corrected chi connectivity index (χ4v) is 2.01. The number of anilines is 1. The second-order valence-corrected chi connectivity index (χ2v) is 4.30. The van der Waals surface area contributed by atoms with Gasteiger partial charge in [0.05, 0.1) is 5.76 Å². The summed E-state index contributed by atoms with van der Waals surface area (Å²) in [6.07, 6.45) is 4.22. The van der Waals surface area contributed by atoms with E-state index in [0.717, 1.165) is 28.6 Å². The smallest absolute Gasteiger partial charge is 0.0880 e. The Morgan fingerprint density at radius 3 is 2.87 bits per heavy atom. The van der Waals surface area contributed by atoms with Gasteiger partial charge in [-0.25, -0.2) is 0 Å². The van der Waals surface area contributed by atoms with Gasteiger partial charge in [-0.3, -0.25) is 0 Å². The van der Waals surface area contributed by atoms with E-state index in [1.807, 2.05) is 25.1 Å². The molecule has 0 saturated heterocycles. The third-order valence-corrected chi connectivity index (χ3v) is 3.09. The molecule has 2 nitrogen and oxygen atoms in total. The number of rotatable bonds is 4. The van der Waals surface area contributed by atoms with E-state index in [4.69, 9.17) is 5.73 Å². The molecule has 82 valence electrons. The van der Waals surface area contributed by atoms with Crippen molar-refractivity contribution in [3.8, 4) is 0 Å². The Hall–Kier alpha value is -0.960. The number of halogens is 1. The highest BCUT2D eigenvalue weighted by Crippen LogP contribution is 2.24. The lowest BCUT2D eigenvalue weighted by molar-refractivity contribution is 0.383. The Bertz CT molecular complexity index is 340. The number of hydrogen-bond donors (Lipinski definition) is 2. The van der Waals surface area contributed by atoms with Crippen LogP contribution in [0.3, 0.4) is 0 Å². The average Bonchev–Trinajstić information content (AvgIpc) is 2.22. The monoisotopic (exact) mass is 269 g/mol. The zero-order chi connectivity index (χ0) is 11.3. The van der Waals surface area contributed by atoms with Crippen LogP contribution in [0.4, 0.5) is 5.69 Å². The van der Waals surface area contributed by atoms with Gasteiger partial charge in [-0.1, -0.05) is 22.0 Å². The molecule has 3 N–H and O–H groups in total. The van der Waals surface area contributed by atoms with E-state index >= 15 is 0 Å². The zero-order valence-electron chi connectivity index (χ0n) is 8.83. The number of nitrogen functional groups attached to an aromatic ring is 1. The molecule has 1 rings (SSSR count). The fourth-order valence-electron chi connectivity index (χ4n) is 1.43. The van der Waals surface area contributed by atoms with E-state index in [1.54, 1.807) is 6.08 Å². The zero-order valence-corrected chi connectivity index (χ0v) is 10.4. The van der Waals surface area contributed by atoms with Gasteiger partial charge in [0.15, 0.2) is 0 Å². The van der Waals surface area contributed by atoms with Gasteiger partial charge in [-0.15, -0.1) is 0 Å². The first-order valence-electron chi connectivity index (χ1n) is 5.02. The largest absolute Gasteiger partial charge is 0.513 e. The first-order valence-corrected chi connectivity index (χ1v) is 5.81. The minimum atomic E-state index is 0.445. The predicted octanol–water partition coefficient (Wildman–Crippen LogP) is 3.82. The maximum atomic E-state index is 9.29. The molecule has 0 saturated carbocycles. The molecule has 15 heavy (non-hydrogen) atoms. The molecule has 1 aromatic rings. The quantitative estimate of drug-likeness (QED) is 0.645. The Balaban J connectivity index is 2.58. The summed E-state index contributed by atoms with van der Waals surface area (Å²) >= 11 is 3.47. The molecule has 0 heterocycles. The van der Waals surface area contributed by atoms with Gasteiger partial charge in [0.25, 0.3) is 0 Å². The van der Waals surface area contributed by atoms with E-state index in [9.17, 15) is 5.11 Å². The van der Waals surface area contributed by atoms with Crippen molar-refractivity contribution in [2.24, 2.45) is 0 Å². The predicted molar refractivity (Wildman–Crippen MR) is 67.9 cm³/mol. The second kappa shape index (κ2) is 5.81. The molecular formula is C12H16BrNO. The Morgan fingerprint density at radius 1 is 1.53 bits per heavy atom.